The molecule has 0 bridgehead atoms. The van der Waals surface area contributed by atoms with Gasteiger partial charge >= 0.3 is 6.03 Å². The maximum absolute atomic E-state index is 12.2. The number of hydrogen-bond acceptors (Lipinski definition) is 3. The van der Waals surface area contributed by atoms with Gasteiger partial charge in [-0.3, -0.25) is 4.79 Å². The standard InChI is InChI=1S/C16H24N4O2/c1-11-10-17-9-8-14(11)20-15(21)12(2)18-16(22)19-13-6-4-3-5-7-13/h3-7,11-12,14,17H,8-10H2,1-2H3,(H,20,21)(H2,18,19,22). The average Bonchev–Trinajstić information content (AvgIpc) is 2.50. The van der Waals surface area contributed by atoms with Gasteiger partial charge in [0.1, 0.15) is 6.04 Å². The molecule has 6 heteroatoms. The molecule has 1 aromatic carbocycles. The molecule has 0 aliphatic carbocycles. The lowest BCUT2D eigenvalue weighted by Crippen LogP contribution is -2.53. The molecule has 2 rings (SSSR count). The van der Waals surface area contributed by atoms with E-state index in [1.54, 1.807) is 19.1 Å². The third kappa shape index (κ3) is 4.73. The molecule has 0 radical (unpaired) electrons. The van der Waals surface area contributed by atoms with Gasteiger partial charge in [-0.1, -0.05) is 25.1 Å². The highest BCUT2D eigenvalue weighted by molar-refractivity contribution is 5.93. The van der Waals surface area contributed by atoms with Gasteiger partial charge < -0.3 is 21.3 Å². The summed E-state index contributed by atoms with van der Waals surface area (Å²) >= 11 is 0. The molecule has 0 aromatic heterocycles. The van der Waals surface area contributed by atoms with Crippen molar-refractivity contribution in [3.8, 4) is 0 Å². The van der Waals surface area contributed by atoms with Gasteiger partial charge in [-0.25, -0.2) is 4.79 Å². The van der Waals surface area contributed by atoms with Gasteiger partial charge in [-0.05, 0) is 44.5 Å². The summed E-state index contributed by atoms with van der Waals surface area (Å²) in [4.78, 5) is 24.0. The van der Waals surface area contributed by atoms with Gasteiger partial charge in [0.2, 0.25) is 5.91 Å². The van der Waals surface area contributed by atoms with Crippen LogP contribution in [0.25, 0.3) is 0 Å². The third-order valence-electron chi connectivity index (χ3n) is 3.89. The Bertz CT molecular complexity index is 506. The van der Waals surface area contributed by atoms with E-state index in [9.17, 15) is 9.59 Å². The number of carbonyl (C=O) groups is 2. The van der Waals surface area contributed by atoms with Crippen LogP contribution in [0.2, 0.25) is 0 Å². The predicted octanol–water partition coefficient (Wildman–Crippen LogP) is 1.31. The van der Waals surface area contributed by atoms with Crippen LogP contribution in [-0.2, 0) is 4.79 Å². The summed E-state index contributed by atoms with van der Waals surface area (Å²) in [6.45, 7) is 5.61. The normalized spacial score (nSPS) is 22.5. The van der Waals surface area contributed by atoms with Gasteiger partial charge in [0.05, 0.1) is 0 Å². The molecular weight excluding hydrogens is 280 g/mol. The first-order chi connectivity index (χ1) is 10.6. The SMILES string of the molecule is CC(NC(=O)Nc1ccccc1)C(=O)NC1CCNCC1C. The fourth-order valence-electron chi connectivity index (χ4n) is 2.49. The van der Waals surface area contributed by atoms with Crippen molar-refractivity contribution in [2.24, 2.45) is 5.92 Å². The summed E-state index contributed by atoms with van der Waals surface area (Å²) in [5.74, 6) is 0.241. The van der Waals surface area contributed by atoms with Crippen LogP contribution in [0.1, 0.15) is 20.3 Å². The summed E-state index contributed by atoms with van der Waals surface area (Å²) < 4.78 is 0. The van der Waals surface area contributed by atoms with E-state index in [-0.39, 0.29) is 18.0 Å². The lowest BCUT2D eigenvalue weighted by molar-refractivity contribution is -0.123. The molecule has 120 valence electrons. The second-order valence-electron chi connectivity index (χ2n) is 5.77. The summed E-state index contributed by atoms with van der Waals surface area (Å²) in [5, 5.41) is 11.7. The van der Waals surface area contributed by atoms with E-state index in [1.807, 2.05) is 18.2 Å². The molecule has 22 heavy (non-hydrogen) atoms. The van der Waals surface area contributed by atoms with E-state index in [2.05, 4.69) is 28.2 Å². The van der Waals surface area contributed by atoms with E-state index in [0.717, 1.165) is 19.5 Å². The Morgan fingerprint density at radius 2 is 2.00 bits per heavy atom. The molecule has 1 aliphatic heterocycles. The van der Waals surface area contributed by atoms with Crippen LogP contribution >= 0.6 is 0 Å². The Morgan fingerprint density at radius 3 is 2.68 bits per heavy atom. The molecule has 3 amide bonds. The summed E-state index contributed by atoms with van der Waals surface area (Å²) in [6, 6.07) is 8.34. The monoisotopic (exact) mass is 304 g/mol. The molecule has 6 nitrogen and oxygen atoms in total. The minimum absolute atomic E-state index is 0.151. The molecule has 0 saturated carbocycles. The Kier molecular flexibility index (Phi) is 5.77. The van der Waals surface area contributed by atoms with E-state index in [4.69, 9.17) is 0 Å². The smallest absolute Gasteiger partial charge is 0.319 e. The molecule has 3 unspecified atom stereocenters. The number of amides is 3. The largest absolute Gasteiger partial charge is 0.351 e. The van der Waals surface area contributed by atoms with E-state index < -0.39 is 6.04 Å². The number of anilines is 1. The van der Waals surface area contributed by atoms with Gasteiger partial charge in [-0.15, -0.1) is 0 Å². The minimum atomic E-state index is -0.578. The molecule has 1 aliphatic rings. The topological polar surface area (TPSA) is 82.3 Å². The van der Waals surface area contributed by atoms with Crippen LogP contribution in [0.4, 0.5) is 10.5 Å². The third-order valence-corrected chi connectivity index (χ3v) is 3.89. The summed E-state index contributed by atoms with van der Waals surface area (Å²) in [5.41, 5.74) is 0.694. The Balaban J connectivity index is 1.79. The van der Waals surface area contributed by atoms with E-state index in [0.29, 0.717) is 11.6 Å². The Morgan fingerprint density at radius 1 is 1.27 bits per heavy atom. The molecule has 0 spiro atoms. The van der Waals surface area contributed by atoms with E-state index >= 15 is 0 Å². The molecule has 1 saturated heterocycles. The zero-order valence-corrected chi connectivity index (χ0v) is 13.1. The van der Waals surface area contributed by atoms with Gasteiger partial charge in [0, 0.05) is 11.7 Å². The zero-order valence-electron chi connectivity index (χ0n) is 13.1. The molecule has 3 atom stereocenters. The van der Waals surface area contributed by atoms with Gasteiger partial charge in [-0.2, -0.15) is 0 Å². The number of piperidine rings is 1. The lowest BCUT2D eigenvalue weighted by atomic mass is 9.95. The fourth-order valence-corrected chi connectivity index (χ4v) is 2.49. The number of nitrogens with one attached hydrogen (secondary N) is 4. The van der Waals surface area contributed by atoms with Crippen LogP contribution in [0.15, 0.2) is 30.3 Å². The average molecular weight is 304 g/mol. The molecule has 4 N–H and O–H groups in total. The van der Waals surface area contributed by atoms with Crippen LogP contribution in [-0.4, -0.2) is 37.1 Å². The number of benzene rings is 1. The highest BCUT2D eigenvalue weighted by Crippen LogP contribution is 2.10. The maximum atomic E-state index is 12.2. The van der Waals surface area contributed by atoms with Gasteiger partial charge in [0.15, 0.2) is 0 Å². The van der Waals surface area contributed by atoms with Crippen molar-refractivity contribution in [1.29, 1.82) is 0 Å². The van der Waals surface area contributed by atoms with Crippen molar-refractivity contribution in [2.45, 2.75) is 32.4 Å². The first-order valence-corrected chi connectivity index (χ1v) is 7.70. The maximum Gasteiger partial charge on any atom is 0.319 e. The molecule has 1 aromatic rings. The quantitative estimate of drug-likeness (QED) is 0.677. The van der Waals surface area contributed by atoms with Crippen LogP contribution in [0.5, 0.6) is 0 Å². The highest BCUT2D eigenvalue weighted by atomic mass is 16.2. The van der Waals surface area contributed by atoms with Crippen LogP contribution < -0.4 is 21.3 Å². The van der Waals surface area contributed by atoms with Crippen molar-refractivity contribution in [3.63, 3.8) is 0 Å². The minimum Gasteiger partial charge on any atom is -0.351 e. The first kappa shape index (κ1) is 16.3. The number of para-hydroxylation sites is 1. The number of rotatable bonds is 4. The highest BCUT2D eigenvalue weighted by Gasteiger charge is 2.25. The zero-order chi connectivity index (χ0) is 15.9. The summed E-state index contributed by atoms with van der Waals surface area (Å²) in [7, 11) is 0. The lowest BCUT2D eigenvalue weighted by Gasteiger charge is -2.31. The second-order valence-corrected chi connectivity index (χ2v) is 5.77. The van der Waals surface area contributed by atoms with Crippen molar-refractivity contribution in [3.05, 3.63) is 30.3 Å². The number of carbonyl (C=O) groups excluding carboxylic acids is 2. The van der Waals surface area contributed by atoms with Crippen LogP contribution in [0.3, 0.4) is 0 Å². The van der Waals surface area contributed by atoms with E-state index in [1.165, 1.54) is 0 Å². The fraction of sp³-hybridized carbons (Fsp3) is 0.500. The molecule has 1 heterocycles. The van der Waals surface area contributed by atoms with Crippen molar-refractivity contribution < 1.29 is 9.59 Å². The van der Waals surface area contributed by atoms with Crippen molar-refractivity contribution in [2.75, 3.05) is 18.4 Å². The van der Waals surface area contributed by atoms with Gasteiger partial charge in [0.25, 0.3) is 0 Å². The predicted molar refractivity (Wildman–Crippen MR) is 86.6 cm³/mol. The van der Waals surface area contributed by atoms with Crippen LogP contribution in [0, 0.1) is 5.92 Å². The Hall–Kier alpha value is -2.08. The molecular formula is C16H24N4O2. The first-order valence-electron chi connectivity index (χ1n) is 7.70. The van der Waals surface area contributed by atoms with Crippen molar-refractivity contribution >= 4 is 17.6 Å². The van der Waals surface area contributed by atoms with Crippen molar-refractivity contribution in [1.82, 2.24) is 16.0 Å². The Labute approximate surface area is 131 Å². The number of hydrogen-bond donors (Lipinski definition) is 4. The number of urea groups is 1. The summed E-state index contributed by atoms with van der Waals surface area (Å²) in [6.07, 6.45) is 0.913. The molecule has 1 fully saturated rings. The second kappa shape index (κ2) is 7.79.